The van der Waals surface area contributed by atoms with Gasteiger partial charge in [0, 0.05) is 0 Å². The molecule has 0 radical (unpaired) electrons. The van der Waals surface area contributed by atoms with Crippen LogP contribution < -0.4 is 15.3 Å². The van der Waals surface area contributed by atoms with Crippen molar-refractivity contribution in [3.05, 3.63) is 139 Å². The van der Waals surface area contributed by atoms with Gasteiger partial charge in [-0.2, -0.15) is 24.6 Å². The first-order valence-electron chi connectivity index (χ1n) is 10.4. The number of nitrogens with one attached hydrogen (secondary N) is 1. The Morgan fingerprint density at radius 1 is 0.636 bits per heavy atom. The number of rotatable bonds is 3. The summed E-state index contributed by atoms with van der Waals surface area (Å²) in [5.41, 5.74) is 7.89. The summed E-state index contributed by atoms with van der Waals surface area (Å²) in [6, 6.07) is 40.5. The van der Waals surface area contributed by atoms with E-state index in [0.29, 0.717) is 0 Å². The van der Waals surface area contributed by atoms with Crippen LogP contribution in [0.25, 0.3) is 0 Å². The van der Waals surface area contributed by atoms with Crippen LogP contribution in [-0.2, 0) is 13.5 Å². The maximum atomic E-state index is 6.57. The van der Waals surface area contributed by atoms with Crippen molar-refractivity contribution in [3.63, 3.8) is 0 Å². The number of halogens is 2. The molecular formula is C27H24Cl2N3Ru-. The number of hydrogen-bond donors (Lipinski definition) is 1. The average Bonchev–Trinajstić information content (AvgIpc) is 3.28. The molecule has 4 aromatic rings. The fourth-order valence-corrected chi connectivity index (χ4v) is 6.36. The van der Waals surface area contributed by atoms with E-state index < -0.39 is 13.5 Å². The van der Waals surface area contributed by atoms with Crippen LogP contribution in [-0.4, -0.2) is 4.35 Å². The first-order chi connectivity index (χ1) is 16.1. The van der Waals surface area contributed by atoms with Crippen molar-refractivity contribution in [2.24, 2.45) is 0 Å². The summed E-state index contributed by atoms with van der Waals surface area (Å²) in [5.74, 6) is 0. The SMILES string of the molecule is [CH2-]c1ccccc1.[Cl][Ru]([Cl])=[C]1N(c2ccccc2)NC(c2ccccc2)N1c1ccccc1. The van der Waals surface area contributed by atoms with Crippen molar-refractivity contribution in [1.29, 1.82) is 0 Å². The van der Waals surface area contributed by atoms with Gasteiger partial charge >= 0.3 is 167 Å². The monoisotopic (exact) mass is 562 g/mol. The molecule has 33 heavy (non-hydrogen) atoms. The van der Waals surface area contributed by atoms with E-state index in [1.165, 1.54) is 0 Å². The van der Waals surface area contributed by atoms with Gasteiger partial charge in [-0.1, -0.05) is 6.07 Å². The van der Waals surface area contributed by atoms with Crippen molar-refractivity contribution in [3.8, 4) is 0 Å². The van der Waals surface area contributed by atoms with Gasteiger partial charge in [-0.05, 0) is 0 Å². The van der Waals surface area contributed by atoms with Gasteiger partial charge in [0.05, 0.1) is 0 Å². The molecule has 3 nitrogen and oxygen atoms in total. The summed E-state index contributed by atoms with van der Waals surface area (Å²) in [5, 5.41) is 2.03. The minimum atomic E-state index is -2.24. The average molecular weight is 562 g/mol. The molecule has 1 fully saturated rings. The van der Waals surface area contributed by atoms with Crippen LogP contribution in [0.4, 0.5) is 11.4 Å². The number of para-hydroxylation sites is 2. The molecule has 1 heterocycles. The first-order valence-corrected chi connectivity index (χ1v) is 15.7. The summed E-state index contributed by atoms with van der Waals surface area (Å²) >= 11 is -2.24. The second kappa shape index (κ2) is 11.5. The summed E-state index contributed by atoms with van der Waals surface area (Å²) < 4.78 is 0.921. The van der Waals surface area contributed by atoms with Gasteiger partial charge in [0.15, 0.2) is 0 Å². The van der Waals surface area contributed by atoms with E-state index in [1.807, 2.05) is 89.9 Å². The molecule has 0 bridgehead atoms. The first kappa shape index (κ1) is 23.5. The Bertz CT molecular complexity index is 1170. The van der Waals surface area contributed by atoms with Crippen LogP contribution in [0.2, 0.25) is 0 Å². The summed E-state index contributed by atoms with van der Waals surface area (Å²) in [7, 11) is 13.1. The molecule has 0 spiro atoms. The fraction of sp³-hybridized carbons (Fsp3) is 0.0370. The summed E-state index contributed by atoms with van der Waals surface area (Å²) in [6.45, 7) is 3.72. The molecule has 1 aliphatic rings. The molecule has 170 valence electrons. The zero-order valence-corrected chi connectivity index (χ0v) is 21.1. The fourth-order valence-electron chi connectivity index (χ4n) is 3.50. The van der Waals surface area contributed by atoms with Crippen LogP contribution in [0.15, 0.2) is 121 Å². The van der Waals surface area contributed by atoms with E-state index in [0.717, 1.165) is 26.9 Å². The molecule has 5 rings (SSSR count). The van der Waals surface area contributed by atoms with Gasteiger partial charge in [0.2, 0.25) is 0 Å². The number of hydrogen-bond acceptors (Lipinski definition) is 3. The predicted octanol–water partition coefficient (Wildman–Crippen LogP) is 7.10. The number of nitrogens with zero attached hydrogens (tertiary/aromatic N) is 2. The normalized spacial score (nSPS) is 15.6. The third kappa shape index (κ3) is 5.85. The Balaban J connectivity index is 0.000000318. The second-order valence-corrected chi connectivity index (χ2v) is 12.9. The van der Waals surface area contributed by atoms with Crippen molar-refractivity contribution in [1.82, 2.24) is 5.43 Å². The number of anilines is 2. The van der Waals surface area contributed by atoms with Crippen LogP contribution in [0.1, 0.15) is 17.3 Å². The topological polar surface area (TPSA) is 18.5 Å². The van der Waals surface area contributed by atoms with Crippen LogP contribution in [0.5, 0.6) is 0 Å². The Kier molecular flexibility index (Phi) is 8.20. The zero-order valence-electron chi connectivity index (χ0n) is 17.8. The predicted molar refractivity (Wildman–Crippen MR) is 138 cm³/mol. The molecule has 1 atom stereocenters. The molecule has 1 saturated heterocycles. The van der Waals surface area contributed by atoms with Crippen molar-refractivity contribution >= 4 is 35.1 Å². The zero-order chi connectivity index (χ0) is 23.0. The molecule has 0 aromatic heterocycles. The van der Waals surface area contributed by atoms with Crippen molar-refractivity contribution in [2.45, 2.75) is 6.17 Å². The number of hydrazine groups is 1. The molecular weight excluding hydrogens is 538 g/mol. The van der Waals surface area contributed by atoms with E-state index >= 15 is 0 Å². The van der Waals surface area contributed by atoms with Crippen LogP contribution in [0, 0.1) is 6.92 Å². The second-order valence-electron chi connectivity index (χ2n) is 7.25. The molecule has 0 aliphatic carbocycles. The third-order valence-corrected chi connectivity index (χ3v) is 7.82. The Morgan fingerprint density at radius 2 is 1.09 bits per heavy atom. The molecule has 0 saturated carbocycles. The van der Waals surface area contributed by atoms with Gasteiger partial charge in [-0.15, -0.1) is 12.1 Å². The van der Waals surface area contributed by atoms with Gasteiger partial charge < -0.3 is 0 Å². The molecule has 0 amide bonds. The van der Waals surface area contributed by atoms with Crippen LogP contribution >= 0.6 is 19.4 Å². The maximum absolute atomic E-state index is 6.57. The van der Waals surface area contributed by atoms with Crippen molar-refractivity contribution in [2.75, 3.05) is 9.91 Å². The number of benzene rings is 4. The summed E-state index contributed by atoms with van der Waals surface area (Å²) in [4.78, 5) is 2.21. The van der Waals surface area contributed by atoms with Gasteiger partial charge in [-0.3, -0.25) is 0 Å². The Labute approximate surface area is 208 Å². The molecule has 4 aromatic carbocycles. The Hall–Kier alpha value is -2.62. The van der Waals surface area contributed by atoms with Gasteiger partial charge in [-0.25, -0.2) is 0 Å². The standard InChI is InChI=1S/C20H17N3.C7H7.2ClH.Ru/c1-4-10-17(11-5-1)20-21-23(19-14-8-3-9-15-19)16-22(20)18-12-6-2-7-13-18;1-7-5-3-2-4-6-7;;;/h1-15,20-21H;2-6H,1H2;2*1H;/q;-1;;;+2/p-2. The quantitative estimate of drug-likeness (QED) is 0.212. The van der Waals surface area contributed by atoms with Gasteiger partial charge in [0.1, 0.15) is 0 Å². The third-order valence-electron chi connectivity index (χ3n) is 5.01. The van der Waals surface area contributed by atoms with E-state index in [-0.39, 0.29) is 6.17 Å². The molecule has 1 unspecified atom stereocenters. The minimum absolute atomic E-state index is 0.0810. The summed E-state index contributed by atoms with van der Waals surface area (Å²) in [6.07, 6.45) is -0.0810. The Morgan fingerprint density at radius 3 is 1.55 bits per heavy atom. The molecule has 6 heteroatoms. The molecule has 1 N–H and O–H groups in total. The van der Waals surface area contributed by atoms with E-state index in [4.69, 9.17) is 19.4 Å². The van der Waals surface area contributed by atoms with Crippen molar-refractivity contribution < 1.29 is 13.5 Å². The van der Waals surface area contributed by atoms with E-state index in [1.54, 1.807) is 0 Å². The van der Waals surface area contributed by atoms with E-state index in [9.17, 15) is 0 Å². The van der Waals surface area contributed by atoms with Gasteiger partial charge in [0.25, 0.3) is 0 Å². The molecule has 1 aliphatic heterocycles. The van der Waals surface area contributed by atoms with E-state index in [2.05, 4.69) is 53.6 Å². The van der Waals surface area contributed by atoms with Crippen LogP contribution in [0.3, 0.4) is 0 Å².